The summed E-state index contributed by atoms with van der Waals surface area (Å²) in [6.45, 7) is 3.65. The highest BCUT2D eigenvalue weighted by Gasteiger charge is 2.31. The first kappa shape index (κ1) is 18.9. The molecule has 2 aliphatic rings. The molecule has 0 aliphatic carbocycles. The molecule has 0 saturated carbocycles. The van der Waals surface area contributed by atoms with Gasteiger partial charge in [0, 0.05) is 19.7 Å². The summed E-state index contributed by atoms with van der Waals surface area (Å²) in [5, 5.41) is 3.10. The number of carbonyl (C=O) groups is 2. The van der Waals surface area contributed by atoms with Crippen LogP contribution in [0.15, 0.2) is 34.2 Å². The molecule has 9 heteroatoms. The fourth-order valence-corrected chi connectivity index (χ4v) is 4.48. The number of benzene rings is 1. The number of urea groups is 1. The smallest absolute Gasteiger partial charge is 0.324 e. The van der Waals surface area contributed by atoms with Crippen molar-refractivity contribution in [2.24, 2.45) is 0 Å². The zero-order valence-electron chi connectivity index (χ0n) is 15.6. The van der Waals surface area contributed by atoms with Gasteiger partial charge in [-0.3, -0.25) is 19.1 Å². The third-order valence-electron chi connectivity index (χ3n) is 4.99. The number of hydrogen-bond acceptors (Lipinski definition) is 6. The molecule has 2 atom stereocenters. The van der Waals surface area contributed by atoms with Crippen LogP contribution in [0.5, 0.6) is 0 Å². The van der Waals surface area contributed by atoms with Crippen molar-refractivity contribution in [2.45, 2.75) is 42.8 Å². The molecule has 0 spiro atoms. The van der Waals surface area contributed by atoms with E-state index in [4.69, 9.17) is 4.74 Å². The predicted octanol–water partition coefficient (Wildman–Crippen LogP) is 1.61. The van der Waals surface area contributed by atoms with Crippen LogP contribution < -0.4 is 10.9 Å². The van der Waals surface area contributed by atoms with Crippen molar-refractivity contribution in [2.75, 3.05) is 19.7 Å². The van der Waals surface area contributed by atoms with E-state index >= 15 is 0 Å². The number of aromatic nitrogens is 2. The Labute approximate surface area is 166 Å². The van der Waals surface area contributed by atoms with Crippen molar-refractivity contribution in [1.29, 1.82) is 0 Å². The van der Waals surface area contributed by atoms with E-state index in [1.54, 1.807) is 23.6 Å². The van der Waals surface area contributed by atoms with Gasteiger partial charge in [0.15, 0.2) is 5.16 Å². The van der Waals surface area contributed by atoms with Crippen LogP contribution in [0.25, 0.3) is 10.9 Å². The number of para-hydroxylation sites is 1. The lowest BCUT2D eigenvalue weighted by atomic mass is 10.2. The molecule has 8 nitrogen and oxygen atoms in total. The van der Waals surface area contributed by atoms with E-state index in [1.165, 1.54) is 16.7 Å². The SMILES string of the molecule is C[C@H](Sc1nc2ccccc2c(=O)n1C[C@@H]1CCCO1)C(=O)N1CCNC1=O. The number of fused-ring (bicyclic) bond motifs is 1. The number of imide groups is 1. The molecule has 1 aromatic heterocycles. The van der Waals surface area contributed by atoms with E-state index < -0.39 is 5.25 Å². The van der Waals surface area contributed by atoms with Gasteiger partial charge in [0.1, 0.15) is 0 Å². The molecule has 1 N–H and O–H groups in total. The van der Waals surface area contributed by atoms with E-state index in [-0.39, 0.29) is 23.6 Å². The summed E-state index contributed by atoms with van der Waals surface area (Å²) in [7, 11) is 0. The first-order valence-electron chi connectivity index (χ1n) is 9.41. The maximum atomic E-state index is 13.1. The van der Waals surface area contributed by atoms with Crippen molar-refractivity contribution in [3.8, 4) is 0 Å². The van der Waals surface area contributed by atoms with Crippen molar-refractivity contribution < 1.29 is 14.3 Å². The second kappa shape index (κ2) is 7.92. The second-order valence-corrected chi connectivity index (χ2v) is 8.25. The average Bonchev–Trinajstić information content (AvgIpc) is 3.36. The number of ether oxygens (including phenoxy) is 1. The molecule has 1 aromatic carbocycles. The van der Waals surface area contributed by atoms with E-state index in [2.05, 4.69) is 10.3 Å². The summed E-state index contributed by atoms with van der Waals surface area (Å²) >= 11 is 1.20. The Kier molecular flexibility index (Phi) is 5.36. The largest absolute Gasteiger partial charge is 0.376 e. The number of thioether (sulfide) groups is 1. The van der Waals surface area contributed by atoms with Crippen molar-refractivity contribution in [3.63, 3.8) is 0 Å². The maximum absolute atomic E-state index is 13.1. The highest BCUT2D eigenvalue weighted by atomic mass is 32.2. The quantitative estimate of drug-likeness (QED) is 0.603. The van der Waals surface area contributed by atoms with Crippen LogP contribution in [0.4, 0.5) is 4.79 Å². The fraction of sp³-hybridized carbons (Fsp3) is 0.474. The second-order valence-electron chi connectivity index (χ2n) is 6.94. The number of nitrogens with zero attached hydrogens (tertiary/aromatic N) is 3. The van der Waals surface area contributed by atoms with Gasteiger partial charge in [-0.15, -0.1) is 0 Å². The van der Waals surface area contributed by atoms with Crippen molar-refractivity contribution in [1.82, 2.24) is 19.8 Å². The Bertz CT molecular complexity index is 970. The number of hydrogen-bond donors (Lipinski definition) is 1. The van der Waals surface area contributed by atoms with Crippen LogP contribution in [0, 0.1) is 0 Å². The Morgan fingerprint density at radius 1 is 1.39 bits per heavy atom. The Morgan fingerprint density at radius 3 is 2.93 bits per heavy atom. The van der Waals surface area contributed by atoms with Crippen LogP contribution in [-0.2, 0) is 16.1 Å². The summed E-state index contributed by atoms with van der Waals surface area (Å²) in [6.07, 6.45) is 1.84. The molecule has 3 heterocycles. The average molecular weight is 402 g/mol. The maximum Gasteiger partial charge on any atom is 0.324 e. The molecule has 28 heavy (non-hydrogen) atoms. The minimum atomic E-state index is -0.548. The lowest BCUT2D eigenvalue weighted by Crippen LogP contribution is -2.39. The Morgan fingerprint density at radius 2 is 2.21 bits per heavy atom. The monoisotopic (exact) mass is 402 g/mol. The normalized spacial score (nSPS) is 20.5. The summed E-state index contributed by atoms with van der Waals surface area (Å²) in [5.41, 5.74) is 0.458. The molecule has 0 bridgehead atoms. The van der Waals surface area contributed by atoms with Crippen LogP contribution >= 0.6 is 11.8 Å². The zero-order valence-corrected chi connectivity index (χ0v) is 16.4. The highest BCUT2D eigenvalue weighted by molar-refractivity contribution is 8.00. The van der Waals surface area contributed by atoms with E-state index in [1.807, 2.05) is 12.1 Å². The summed E-state index contributed by atoms with van der Waals surface area (Å²) in [6, 6.07) is 6.82. The number of rotatable bonds is 5. The predicted molar refractivity (Wildman–Crippen MR) is 105 cm³/mol. The van der Waals surface area contributed by atoms with Gasteiger partial charge in [-0.25, -0.2) is 9.78 Å². The van der Waals surface area contributed by atoms with Crippen molar-refractivity contribution >= 4 is 34.6 Å². The standard InChI is InChI=1S/C19H22N4O4S/c1-12(16(24)22-9-8-20-18(22)26)28-19-21-15-7-3-2-6-14(15)17(25)23(19)11-13-5-4-10-27-13/h2-3,6-7,12-13H,4-5,8-11H2,1H3,(H,20,26)/t12-,13-/m0/s1. The first-order chi connectivity index (χ1) is 13.5. The molecule has 4 rings (SSSR count). The molecule has 0 radical (unpaired) electrons. The topological polar surface area (TPSA) is 93.5 Å². The van der Waals surface area contributed by atoms with E-state index in [0.29, 0.717) is 42.3 Å². The lowest BCUT2D eigenvalue weighted by molar-refractivity contribution is -0.126. The van der Waals surface area contributed by atoms with Crippen molar-refractivity contribution in [3.05, 3.63) is 34.6 Å². The number of nitrogens with one attached hydrogen (secondary N) is 1. The van der Waals surface area contributed by atoms with Gasteiger partial charge in [-0.2, -0.15) is 0 Å². The minimum absolute atomic E-state index is 0.0321. The third kappa shape index (κ3) is 3.64. The molecule has 0 unspecified atom stereocenters. The molecule has 3 amide bonds. The summed E-state index contributed by atoms with van der Waals surface area (Å²) in [4.78, 5) is 43.4. The molecule has 2 aliphatic heterocycles. The van der Waals surface area contributed by atoms with Gasteiger partial charge in [0.05, 0.1) is 28.8 Å². The Hall–Kier alpha value is -2.39. The highest BCUT2D eigenvalue weighted by Crippen LogP contribution is 2.25. The zero-order chi connectivity index (χ0) is 19.7. The van der Waals surface area contributed by atoms with Gasteiger partial charge in [-0.05, 0) is 31.9 Å². The van der Waals surface area contributed by atoms with Gasteiger partial charge < -0.3 is 10.1 Å². The number of carbonyl (C=O) groups excluding carboxylic acids is 2. The van der Waals surface area contributed by atoms with Crippen LogP contribution in [-0.4, -0.2) is 57.4 Å². The van der Waals surface area contributed by atoms with Crippen LogP contribution in [0.2, 0.25) is 0 Å². The van der Waals surface area contributed by atoms with Crippen LogP contribution in [0.1, 0.15) is 19.8 Å². The molecule has 2 saturated heterocycles. The Balaban J connectivity index is 1.66. The van der Waals surface area contributed by atoms with Gasteiger partial charge in [-0.1, -0.05) is 23.9 Å². The molecule has 2 aromatic rings. The molecular weight excluding hydrogens is 380 g/mol. The molecule has 148 valence electrons. The molecular formula is C19H22N4O4S. The van der Waals surface area contributed by atoms with Gasteiger partial charge >= 0.3 is 6.03 Å². The van der Waals surface area contributed by atoms with Crippen LogP contribution in [0.3, 0.4) is 0 Å². The first-order valence-corrected chi connectivity index (χ1v) is 10.3. The minimum Gasteiger partial charge on any atom is -0.376 e. The third-order valence-corrected chi connectivity index (χ3v) is 6.07. The lowest BCUT2D eigenvalue weighted by Gasteiger charge is -2.20. The molecule has 2 fully saturated rings. The number of amides is 3. The van der Waals surface area contributed by atoms with E-state index in [9.17, 15) is 14.4 Å². The van der Waals surface area contributed by atoms with Gasteiger partial charge in [0.25, 0.3) is 5.56 Å². The van der Waals surface area contributed by atoms with Gasteiger partial charge in [0.2, 0.25) is 5.91 Å². The summed E-state index contributed by atoms with van der Waals surface area (Å²) < 4.78 is 7.31. The van der Waals surface area contributed by atoms with E-state index in [0.717, 1.165) is 12.8 Å². The fourth-order valence-electron chi connectivity index (χ4n) is 3.50. The summed E-state index contributed by atoms with van der Waals surface area (Å²) in [5.74, 6) is -0.286.